The Bertz CT molecular complexity index is 378. The molecule has 112 valence electrons. The van der Waals surface area contributed by atoms with Crippen LogP contribution in [0.1, 0.15) is 57.1 Å². The topological polar surface area (TPSA) is 15.3 Å². The molecule has 1 saturated carbocycles. The van der Waals surface area contributed by atoms with Crippen LogP contribution in [0.15, 0.2) is 30.3 Å². The molecule has 1 N–H and O–H groups in total. The molecule has 1 aromatic rings. The van der Waals surface area contributed by atoms with Gasteiger partial charge in [0.1, 0.15) is 0 Å². The highest BCUT2D eigenvalue weighted by Crippen LogP contribution is 2.41. The second kappa shape index (κ2) is 7.24. The summed E-state index contributed by atoms with van der Waals surface area (Å²) in [7, 11) is 4.53. The molecule has 0 heterocycles. The van der Waals surface area contributed by atoms with Crippen LogP contribution < -0.4 is 5.32 Å². The molecule has 1 fully saturated rings. The lowest BCUT2D eigenvalue weighted by Crippen LogP contribution is -2.53. The lowest BCUT2D eigenvalue weighted by molar-refractivity contribution is 0.0807. The van der Waals surface area contributed by atoms with Gasteiger partial charge in [-0.2, -0.15) is 0 Å². The molecule has 0 radical (unpaired) electrons. The number of hydrogen-bond donors (Lipinski definition) is 1. The first-order chi connectivity index (χ1) is 9.70. The minimum atomic E-state index is 0.258. The summed E-state index contributed by atoms with van der Waals surface area (Å²) in [5.74, 6) is 0. The van der Waals surface area contributed by atoms with Gasteiger partial charge >= 0.3 is 0 Å². The first-order valence-corrected chi connectivity index (χ1v) is 8.16. The van der Waals surface area contributed by atoms with Crippen molar-refractivity contribution in [2.75, 3.05) is 20.6 Å². The molecular formula is C18H30N2. The smallest absolute Gasteiger partial charge is 0.0506 e. The highest BCUT2D eigenvalue weighted by molar-refractivity contribution is 5.24. The highest BCUT2D eigenvalue weighted by atomic mass is 15.2. The monoisotopic (exact) mass is 274 g/mol. The van der Waals surface area contributed by atoms with Gasteiger partial charge in [0, 0.05) is 5.54 Å². The molecule has 0 aliphatic heterocycles. The zero-order valence-corrected chi connectivity index (χ0v) is 13.4. The van der Waals surface area contributed by atoms with Crippen LogP contribution in [0, 0.1) is 0 Å². The molecule has 1 unspecified atom stereocenters. The summed E-state index contributed by atoms with van der Waals surface area (Å²) >= 11 is 0. The summed E-state index contributed by atoms with van der Waals surface area (Å²) in [4.78, 5) is 2.48. The second-order valence-corrected chi connectivity index (χ2v) is 6.31. The largest absolute Gasteiger partial charge is 0.309 e. The Morgan fingerprint density at radius 1 is 1.05 bits per heavy atom. The summed E-state index contributed by atoms with van der Waals surface area (Å²) in [5.41, 5.74) is 1.69. The van der Waals surface area contributed by atoms with E-state index >= 15 is 0 Å². The molecule has 1 aliphatic carbocycles. The summed E-state index contributed by atoms with van der Waals surface area (Å²) in [6.45, 7) is 3.24. The van der Waals surface area contributed by atoms with Gasteiger partial charge in [0.05, 0.1) is 6.04 Å². The van der Waals surface area contributed by atoms with E-state index in [-0.39, 0.29) is 5.54 Å². The summed E-state index contributed by atoms with van der Waals surface area (Å²) in [6.07, 6.45) is 8.09. The van der Waals surface area contributed by atoms with Gasteiger partial charge < -0.3 is 10.2 Å². The van der Waals surface area contributed by atoms with Crippen molar-refractivity contribution in [3.8, 4) is 0 Å². The fourth-order valence-electron chi connectivity index (χ4n) is 3.80. The standard InChI is InChI=1S/C18H30N2/c1-4-19-17(16-12-8-7-9-13-16)18(20(2)3)14-10-5-6-11-15-18/h7-9,12-13,17,19H,4-6,10-11,14-15H2,1-3H3. The van der Waals surface area contributed by atoms with Crippen molar-refractivity contribution >= 4 is 0 Å². The van der Waals surface area contributed by atoms with E-state index in [0.29, 0.717) is 6.04 Å². The normalized spacial score (nSPS) is 20.6. The summed E-state index contributed by atoms with van der Waals surface area (Å²) in [5, 5.41) is 3.78. The van der Waals surface area contributed by atoms with Crippen molar-refractivity contribution in [3.05, 3.63) is 35.9 Å². The highest BCUT2D eigenvalue weighted by Gasteiger charge is 2.41. The molecule has 0 amide bonds. The predicted molar refractivity (Wildman–Crippen MR) is 87.0 cm³/mol. The van der Waals surface area contributed by atoms with Crippen LogP contribution in [0.3, 0.4) is 0 Å². The molecule has 0 saturated heterocycles. The van der Waals surface area contributed by atoms with Gasteiger partial charge in [-0.25, -0.2) is 0 Å². The molecule has 1 aromatic carbocycles. The third-order valence-electron chi connectivity index (χ3n) is 4.94. The van der Waals surface area contributed by atoms with Crippen LogP contribution in [-0.2, 0) is 0 Å². The third kappa shape index (κ3) is 3.24. The van der Waals surface area contributed by atoms with Crippen LogP contribution in [0.4, 0.5) is 0 Å². The predicted octanol–water partition coefficient (Wildman–Crippen LogP) is 3.99. The zero-order valence-electron chi connectivity index (χ0n) is 13.4. The van der Waals surface area contributed by atoms with E-state index in [1.807, 2.05) is 0 Å². The zero-order chi connectivity index (χ0) is 14.4. The van der Waals surface area contributed by atoms with Crippen LogP contribution in [0.25, 0.3) is 0 Å². The number of likely N-dealkylation sites (N-methyl/N-ethyl adjacent to an activating group) is 2. The van der Waals surface area contributed by atoms with Crippen molar-refractivity contribution in [1.82, 2.24) is 10.2 Å². The maximum atomic E-state index is 3.78. The molecular weight excluding hydrogens is 244 g/mol. The van der Waals surface area contributed by atoms with E-state index in [2.05, 4.69) is 61.6 Å². The fourth-order valence-corrected chi connectivity index (χ4v) is 3.80. The minimum Gasteiger partial charge on any atom is -0.309 e. The minimum absolute atomic E-state index is 0.258. The first kappa shape index (κ1) is 15.5. The van der Waals surface area contributed by atoms with Gasteiger partial charge in [-0.3, -0.25) is 0 Å². The first-order valence-electron chi connectivity index (χ1n) is 8.16. The van der Waals surface area contributed by atoms with Crippen LogP contribution in [0.2, 0.25) is 0 Å². The lowest BCUT2D eigenvalue weighted by atomic mass is 9.78. The molecule has 0 bridgehead atoms. The summed E-state index contributed by atoms with van der Waals surface area (Å²) in [6, 6.07) is 11.4. The van der Waals surface area contributed by atoms with E-state index in [0.717, 1.165) is 6.54 Å². The maximum Gasteiger partial charge on any atom is 0.0506 e. The van der Waals surface area contributed by atoms with Gasteiger partial charge in [0.25, 0.3) is 0 Å². The number of benzene rings is 1. The van der Waals surface area contributed by atoms with Crippen molar-refractivity contribution < 1.29 is 0 Å². The van der Waals surface area contributed by atoms with E-state index in [4.69, 9.17) is 0 Å². The van der Waals surface area contributed by atoms with Crippen LogP contribution in [-0.4, -0.2) is 31.1 Å². The molecule has 20 heavy (non-hydrogen) atoms. The second-order valence-electron chi connectivity index (χ2n) is 6.31. The molecule has 2 rings (SSSR count). The Balaban J connectivity index is 2.36. The van der Waals surface area contributed by atoms with Crippen LogP contribution >= 0.6 is 0 Å². The molecule has 2 heteroatoms. The molecule has 1 atom stereocenters. The lowest BCUT2D eigenvalue weighted by Gasteiger charge is -2.46. The van der Waals surface area contributed by atoms with Gasteiger partial charge in [0.15, 0.2) is 0 Å². The quantitative estimate of drug-likeness (QED) is 0.817. The van der Waals surface area contributed by atoms with Crippen LogP contribution in [0.5, 0.6) is 0 Å². The van der Waals surface area contributed by atoms with Crippen molar-refractivity contribution in [2.45, 2.75) is 57.0 Å². The summed E-state index contributed by atoms with van der Waals surface area (Å²) < 4.78 is 0. The Kier molecular flexibility index (Phi) is 5.62. The van der Waals surface area contributed by atoms with Crippen molar-refractivity contribution in [1.29, 1.82) is 0 Å². The van der Waals surface area contributed by atoms with Gasteiger partial charge in [0.2, 0.25) is 0 Å². The SMILES string of the molecule is CCNC(c1ccccc1)C1(N(C)C)CCCCCC1. The van der Waals surface area contributed by atoms with E-state index in [1.165, 1.54) is 44.1 Å². The van der Waals surface area contributed by atoms with Crippen molar-refractivity contribution in [3.63, 3.8) is 0 Å². The molecule has 0 aromatic heterocycles. The van der Waals surface area contributed by atoms with E-state index in [9.17, 15) is 0 Å². The fraction of sp³-hybridized carbons (Fsp3) is 0.667. The van der Waals surface area contributed by atoms with E-state index in [1.54, 1.807) is 0 Å². The van der Waals surface area contributed by atoms with Crippen molar-refractivity contribution in [2.24, 2.45) is 0 Å². The Morgan fingerprint density at radius 3 is 2.15 bits per heavy atom. The number of rotatable bonds is 5. The molecule has 1 aliphatic rings. The maximum absolute atomic E-state index is 3.78. The third-order valence-corrected chi connectivity index (χ3v) is 4.94. The van der Waals surface area contributed by atoms with Gasteiger partial charge in [-0.1, -0.05) is 62.9 Å². The van der Waals surface area contributed by atoms with Gasteiger partial charge in [-0.15, -0.1) is 0 Å². The molecule has 2 nitrogen and oxygen atoms in total. The number of hydrogen-bond acceptors (Lipinski definition) is 2. The van der Waals surface area contributed by atoms with E-state index < -0.39 is 0 Å². The Labute approximate surface area is 124 Å². The number of nitrogens with one attached hydrogen (secondary N) is 1. The average Bonchev–Trinajstić information content (AvgIpc) is 2.72. The Morgan fingerprint density at radius 2 is 1.65 bits per heavy atom. The van der Waals surface area contributed by atoms with Gasteiger partial charge in [-0.05, 0) is 39.0 Å². The Hall–Kier alpha value is -0.860. The number of nitrogens with zero attached hydrogens (tertiary/aromatic N) is 1. The average molecular weight is 274 g/mol. The molecule has 0 spiro atoms.